The van der Waals surface area contributed by atoms with E-state index in [1.54, 1.807) is 4.90 Å². The Hall–Kier alpha value is -1.08. The fraction of sp³-hybridized carbons (Fsp3) is 0.778. The zero-order valence-electron chi connectivity index (χ0n) is 8.41. The van der Waals surface area contributed by atoms with Crippen LogP contribution in [0.3, 0.4) is 0 Å². The summed E-state index contributed by atoms with van der Waals surface area (Å²) in [6.45, 7) is 4.72. The molecule has 0 aromatic rings. The van der Waals surface area contributed by atoms with Crippen molar-refractivity contribution < 1.29 is 9.53 Å². The van der Waals surface area contributed by atoms with Crippen molar-refractivity contribution >= 4 is 5.97 Å². The molecular weight excluding hydrogens is 168 g/mol. The molecular formula is C9H16N2O2. The van der Waals surface area contributed by atoms with Crippen molar-refractivity contribution in [3.05, 3.63) is 0 Å². The van der Waals surface area contributed by atoms with Gasteiger partial charge in [0.25, 0.3) is 0 Å². The van der Waals surface area contributed by atoms with Crippen LogP contribution >= 0.6 is 0 Å². The molecule has 0 fully saturated rings. The van der Waals surface area contributed by atoms with Gasteiger partial charge in [-0.2, -0.15) is 5.26 Å². The summed E-state index contributed by atoms with van der Waals surface area (Å²) in [6.07, 6.45) is 0.724. The zero-order chi connectivity index (χ0) is 10.3. The van der Waals surface area contributed by atoms with E-state index in [2.05, 4.69) is 10.8 Å². The molecule has 0 saturated heterocycles. The monoisotopic (exact) mass is 184 g/mol. The van der Waals surface area contributed by atoms with Gasteiger partial charge in [0, 0.05) is 0 Å². The maximum Gasteiger partial charge on any atom is 0.319 e. The first kappa shape index (κ1) is 11.9. The van der Waals surface area contributed by atoms with Gasteiger partial charge in [-0.1, -0.05) is 13.8 Å². The Labute approximate surface area is 79.1 Å². The quantitative estimate of drug-likeness (QED) is 0.592. The summed E-state index contributed by atoms with van der Waals surface area (Å²) < 4.78 is 4.53. The smallest absolute Gasteiger partial charge is 0.319 e. The normalized spacial score (nSPS) is 12.2. The number of nitrogens with zero attached hydrogens (tertiary/aromatic N) is 2. The predicted molar refractivity (Wildman–Crippen MR) is 49.0 cm³/mol. The number of carbonyl (C=O) groups is 1. The second kappa shape index (κ2) is 6.44. The van der Waals surface area contributed by atoms with E-state index in [1.807, 2.05) is 13.8 Å². The maximum absolute atomic E-state index is 10.9. The van der Waals surface area contributed by atoms with Crippen molar-refractivity contribution in [2.75, 3.05) is 20.2 Å². The number of hydrogen-bond donors (Lipinski definition) is 0. The van der Waals surface area contributed by atoms with Gasteiger partial charge in [-0.25, -0.2) is 0 Å². The first-order valence-electron chi connectivity index (χ1n) is 4.40. The number of esters is 1. The molecule has 1 atom stereocenters. The van der Waals surface area contributed by atoms with Crippen LogP contribution in [0.5, 0.6) is 0 Å². The van der Waals surface area contributed by atoms with Crippen LogP contribution < -0.4 is 0 Å². The van der Waals surface area contributed by atoms with Gasteiger partial charge in [0.2, 0.25) is 0 Å². The van der Waals surface area contributed by atoms with Crippen LogP contribution in [0, 0.1) is 11.3 Å². The molecule has 0 aliphatic carbocycles. The van der Waals surface area contributed by atoms with Gasteiger partial charge in [-0.15, -0.1) is 0 Å². The molecule has 0 aromatic heterocycles. The van der Waals surface area contributed by atoms with Gasteiger partial charge >= 0.3 is 5.97 Å². The number of carbonyl (C=O) groups excluding carboxylic acids is 1. The first-order chi connectivity index (χ1) is 6.19. The molecule has 0 aliphatic rings. The summed E-state index contributed by atoms with van der Waals surface area (Å²) >= 11 is 0. The molecule has 0 N–H and O–H groups in total. The van der Waals surface area contributed by atoms with Gasteiger partial charge in [0.05, 0.1) is 25.8 Å². The summed E-state index contributed by atoms with van der Waals surface area (Å²) in [6, 6.07) is 1.96. The highest BCUT2D eigenvalue weighted by atomic mass is 16.5. The molecule has 1 unspecified atom stereocenters. The molecule has 0 bridgehead atoms. The Morgan fingerprint density at radius 1 is 1.62 bits per heavy atom. The molecule has 13 heavy (non-hydrogen) atoms. The molecule has 74 valence electrons. The number of rotatable bonds is 5. The van der Waals surface area contributed by atoms with Gasteiger partial charge in [0.1, 0.15) is 0 Å². The van der Waals surface area contributed by atoms with Crippen LogP contribution in [0.4, 0.5) is 0 Å². The van der Waals surface area contributed by atoms with Gasteiger partial charge in [-0.3, -0.25) is 9.69 Å². The van der Waals surface area contributed by atoms with E-state index in [-0.39, 0.29) is 18.6 Å². The Morgan fingerprint density at radius 2 is 2.23 bits per heavy atom. The molecule has 0 aromatic carbocycles. The van der Waals surface area contributed by atoms with Crippen molar-refractivity contribution in [2.24, 2.45) is 0 Å². The Balaban J connectivity index is 4.17. The zero-order valence-corrected chi connectivity index (χ0v) is 8.41. The van der Waals surface area contributed by atoms with E-state index in [0.717, 1.165) is 6.42 Å². The maximum atomic E-state index is 10.9. The van der Waals surface area contributed by atoms with Crippen LogP contribution in [-0.4, -0.2) is 37.1 Å². The second-order valence-electron chi connectivity index (χ2n) is 2.69. The van der Waals surface area contributed by atoms with Crippen LogP contribution in [-0.2, 0) is 9.53 Å². The standard InChI is InChI=1S/C9H16N2O2/c1-4-8(6-10)11(5-2)7-9(12)13-3/h8H,4-5,7H2,1-3H3. The lowest BCUT2D eigenvalue weighted by Crippen LogP contribution is -2.38. The lowest BCUT2D eigenvalue weighted by Gasteiger charge is -2.22. The van der Waals surface area contributed by atoms with Crippen LogP contribution in [0.1, 0.15) is 20.3 Å². The minimum atomic E-state index is -0.296. The predicted octanol–water partition coefficient (Wildman–Crippen LogP) is 0.783. The fourth-order valence-electron chi connectivity index (χ4n) is 1.10. The van der Waals surface area contributed by atoms with Crippen molar-refractivity contribution in [1.29, 1.82) is 5.26 Å². The molecule has 0 radical (unpaired) electrons. The second-order valence-corrected chi connectivity index (χ2v) is 2.69. The van der Waals surface area contributed by atoms with E-state index < -0.39 is 0 Å². The highest BCUT2D eigenvalue weighted by molar-refractivity contribution is 5.71. The number of hydrogen-bond acceptors (Lipinski definition) is 4. The minimum absolute atomic E-state index is 0.191. The van der Waals surface area contributed by atoms with Crippen LogP contribution in [0.2, 0.25) is 0 Å². The summed E-state index contributed by atoms with van der Waals surface area (Å²) in [7, 11) is 1.35. The molecule has 0 amide bonds. The Morgan fingerprint density at radius 3 is 2.54 bits per heavy atom. The first-order valence-corrected chi connectivity index (χ1v) is 4.40. The lowest BCUT2D eigenvalue weighted by molar-refractivity contribution is -0.142. The summed E-state index contributed by atoms with van der Waals surface area (Å²) in [4.78, 5) is 12.7. The number of nitriles is 1. The average molecular weight is 184 g/mol. The van der Waals surface area contributed by atoms with Crippen LogP contribution in [0.25, 0.3) is 0 Å². The number of methoxy groups -OCH3 is 1. The summed E-state index contributed by atoms with van der Waals surface area (Å²) in [5.74, 6) is -0.296. The largest absolute Gasteiger partial charge is 0.468 e. The van der Waals surface area contributed by atoms with Crippen molar-refractivity contribution in [2.45, 2.75) is 26.3 Å². The van der Waals surface area contributed by atoms with E-state index in [9.17, 15) is 4.79 Å². The molecule has 0 aliphatic heterocycles. The minimum Gasteiger partial charge on any atom is -0.468 e. The van der Waals surface area contributed by atoms with E-state index in [4.69, 9.17) is 5.26 Å². The highest BCUT2D eigenvalue weighted by Gasteiger charge is 2.17. The van der Waals surface area contributed by atoms with E-state index in [0.29, 0.717) is 6.54 Å². The van der Waals surface area contributed by atoms with E-state index in [1.165, 1.54) is 7.11 Å². The van der Waals surface area contributed by atoms with Crippen molar-refractivity contribution in [3.63, 3.8) is 0 Å². The summed E-state index contributed by atoms with van der Waals surface area (Å²) in [5.41, 5.74) is 0. The lowest BCUT2D eigenvalue weighted by atomic mass is 10.2. The third-order valence-electron chi connectivity index (χ3n) is 1.94. The molecule has 0 spiro atoms. The molecule has 0 heterocycles. The van der Waals surface area contributed by atoms with Gasteiger partial charge < -0.3 is 4.74 Å². The SMILES string of the molecule is CCC(C#N)N(CC)CC(=O)OC. The van der Waals surface area contributed by atoms with Crippen molar-refractivity contribution in [3.8, 4) is 6.07 Å². The Bertz CT molecular complexity index is 198. The van der Waals surface area contributed by atoms with Crippen LogP contribution in [0.15, 0.2) is 0 Å². The molecule has 4 heteroatoms. The third-order valence-corrected chi connectivity index (χ3v) is 1.94. The number of ether oxygens (including phenoxy) is 1. The van der Waals surface area contributed by atoms with Gasteiger partial charge in [-0.05, 0) is 13.0 Å². The topological polar surface area (TPSA) is 53.3 Å². The van der Waals surface area contributed by atoms with E-state index >= 15 is 0 Å². The molecule has 0 rings (SSSR count). The summed E-state index contributed by atoms with van der Waals surface area (Å²) in [5, 5.41) is 8.77. The number of likely N-dealkylation sites (N-methyl/N-ethyl adjacent to an activating group) is 1. The molecule has 4 nitrogen and oxygen atoms in total. The highest BCUT2D eigenvalue weighted by Crippen LogP contribution is 2.02. The molecule has 0 saturated carbocycles. The van der Waals surface area contributed by atoms with Gasteiger partial charge in [0.15, 0.2) is 0 Å². The Kier molecular flexibility index (Phi) is 5.90. The third kappa shape index (κ3) is 3.90. The average Bonchev–Trinajstić information content (AvgIpc) is 2.17. The van der Waals surface area contributed by atoms with Crippen molar-refractivity contribution in [1.82, 2.24) is 4.90 Å². The fourth-order valence-corrected chi connectivity index (χ4v) is 1.10.